The third kappa shape index (κ3) is 4.95. The maximum Gasteiger partial charge on any atom is 0.271 e. The zero-order valence-corrected chi connectivity index (χ0v) is 17.0. The van der Waals surface area contributed by atoms with Crippen LogP contribution in [-0.4, -0.2) is 12.1 Å². The molecule has 0 aromatic heterocycles. The van der Waals surface area contributed by atoms with E-state index in [9.17, 15) is 9.18 Å². The number of carbonyl (C=O) groups is 1. The molecular formula is C26H21FN2O2. The predicted octanol–water partition coefficient (Wildman–Crippen LogP) is 5.63. The molecule has 0 radical (unpaired) electrons. The van der Waals surface area contributed by atoms with Crippen molar-refractivity contribution >= 4 is 22.9 Å². The van der Waals surface area contributed by atoms with Gasteiger partial charge in [0.2, 0.25) is 0 Å². The van der Waals surface area contributed by atoms with Crippen molar-refractivity contribution in [1.29, 1.82) is 0 Å². The van der Waals surface area contributed by atoms with E-state index < -0.39 is 0 Å². The zero-order valence-electron chi connectivity index (χ0n) is 17.0. The molecule has 0 aliphatic rings. The summed E-state index contributed by atoms with van der Waals surface area (Å²) in [5, 5.41) is 6.15. The van der Waals surface area contributed by atoms with Gasteiger partial charge >= 0.3 is 0 Å². The Morgan fingerprint density at radius 1 is 0.968 bits per heavy atom. The van der Waals surface area contributed by atoms with Crippen molar-refractivity contribution in [1.82, 2.24) is 5.43 Å². The van der Waals surface area contributed by atoms with Crippen molar-refractivity contribution in [3.63, 3.8) is 0 Å². The summed E-state index contributed by atoms with van der Waals surface area (Å²) in [4.78, 5) is 12.3. The Morgan fingerprint density at radius 3 is 2.48 bits per heavy atom. The number of hydrogen-bond donors (Lipinski definition) is 1. The van der Waals surface area contributed by atoms with Gasteiger partial charge in [-0.2, -0.15) is 5.10 Å². The van der Waals surface area contributed by atoms with E-state index in [0.29, 0.717) is 11.3 Å². The second kappa shape index (κ2) is 9.22. The Morgan fingerprint density at radius 2 is 1.71 bits per heavy atom. The maximum atomic E-state index is 13.1. The van der Waals surface area contributed by atoms with Crippen LogP contribution in [0.2, 0.25) is 0 Å². The van der Waals surface area contributed by atoms with Crippen molar-refractivity contribution < 1.29 is 13.9 Å². The highest BCUT2D eigenvalue weighted by Gasteiger charge is 2.09. The number of nitrogens with zero attached hydrogens (tertiary/aromatic N) is 1. The third-order valence-electron chi connectivity index (χ3n) is 4.91. The Balaban J connectivity index is 1.57. The largest absolute Gasteiger partial charge is 0.488 e. The molecule has 0 atom stereocenters. The zero-order chi connectivity index (χ0) is 21.6. The molecule has 4 aromatic carbocycles. The molecule has 5 heteroatoms. The lowest BCUT2D eigenvalue weighted by atomic mass is 10.0. The van der Waals surface area contributed by atoms with Crippen molar-refractivity contribution in [3.8, 4) is 5.75 Å². The number of nitrogens with one attached hydrogen (secondary N) is 1. The normalized spacial score (nSPS) is 11.0. The third-order valence-corrected chi connectivity index (χ3v) is 4.91. The summed E-state index contributed by atoms with van der Waals surface area (Å²) in [5.74, 6) is 0.0493. The van der Waals surface area contributed by atoms with Gasteiger partial charge in [-0.05, 0) is 53.6 Å². The molecular weight excluding hydrogens is 391 g/mol. The first-order valence-electron chi connectivity index (χ1n) is 9.89. The number of halogens is 1. The number of ether oxygens (including phenoxy) is 1. The van der Waals surface area contributed by atoms with Gasteiger partial charge in [-0.1, -0.05) is 60.2 Å². The van der Waals surface area contributed by atoms with Crippen molar-refractivity contribution in [2.24, 2.45) is 5.10 Å². The van der Waals surface area contributed by atoms with E-state index in [0.717, 1.165) is 27.5 Å². The number of benzene rings is 4. The van der Waals surface area contributed by atoms with Gasteiger partial charge in [0.25, 0.3) is 5.91 Å². The van der Waals surface area contributed by atoms with Gasteiger partial charge < -0.3 is 4.74 Å². The van der Waals surface area contributed by atoms with Crippen molar-refractivity contribution in [2.45, 2.75) is 13.5 Å². The van der Waals surface area contributed by atoms with Crippen LogP contribution in [0.4, 0.5) is 4.39 Å². The average Bonchev–Trinajstić information content (AvgIpc) is 2.79. The minimum atomic E-state index is -0.287. The molecule has 0 fully saturated rings. The van der Waals surface area contributed by atoms with Gasteiger partial charge in [0.15, 0.2) is 0 Å². The van der Waals surface area contributed by atoms with Crippen LogP contribution < -0.4 is 10.2 Å². The van der Waals surface area contributed by atoms with Crippen LogP contribution in [0.1, 0.15) is 27.0 Å². The van der Waals surface area contributed by atoms with Gasteiger partial charge in [-0.15, -0.1) is 0 Å². The maximum absolute atomic E-state index is 13.1. The number of fused-ring (bicyclic) bond motifs is 1. The van der Waals surface area contributed by atoms with Crippen molar-refractivity contribution in [3.05, 3.63) is 113 Å². The molecule has 0 saturated heterocycles. The van der Waals surface area contributed by atoms with Crippen LogP contribution in [0, 0.1) is 12.7 Å². The molecule has 154 valence electrons. The first kappa shape index (κ1) is 20.3. The van der Waals surface area contributed by atoms with Crippen LogP contribution in [0.15, 0.2) is 90.0 Å². The number of hydrogen-bond acceptors (Lipinski definition) is 3. The summed E-state index contributed by atoms with van der Waals surface area (Å²) in [6.07, 6.45) is 1.59. The second-order valence-corrected chi connectivity index (χ2v) is 7.18. The first-order chi connectivity index (χ1) is 15.1. The second-order valence-electron chi connectivity index (χ2n) is 7.18. The van der Waals surface area contributed by atoms with Gasteiger partial charge in [-0.25, -0.2) is 9.82 Å². The number of rotatable bonds is 6. The molecule has 31 heavy (non-hydrogen) atoms. The molecule has 4 aromatic rings. The summed E-state index contributed by atoms with van der Waals surface area (Å²) in [7, 11) is 0. The fraction of sp³-hybridized carbons (Fsp3) is 0.0769. The molecule has 4 nitrogen and oxygen atoms in total. The Hall–Kier alpha value is -3.99. The van der Waals surface area contributed by atoms with E-state index in [2.05, 4.69) is 10.5 Å². The van der Waals surface area contributed by atoms with E-state index >= 15 is 0 Å². The summed E-state index contributed by atoms with van der Waals surface area (Å²) in [5.41, 5.74) is 5.80. The summed E-state index contributed by atoms with van der Waals surface area (Å²) in [6.45, 7) is 2.25. The molecule has 0 bridgehead atoms. The topological polar surface area (TPSA) is 50.7 Å². The molecule has 1 N–H and O–H groups in total. The van der Waals surface area contributed by atoms with Gasteiger partial charge in [0, 0.05) is 11.1 Å². The Labute approximate surface area is 180 Å². The quantitative estimate of drug-likeness (QED) is 0.330. The minimum Gasteiger partial charge on any atom is -0.488 e. The standard InChI is InChI=1S/C26H21FN2O2/c1-18-6-10-21(11-7-18)26(30)29-28-16-24-23-5-3-2-4-20(23)12-15-25(24)31-17-19-8-13-22(27)14-9-19/h2-16H,17H2,1H3,(H,29,30)/b28-16+. The van der Waals surface area contributed by atoms with E-state index in [1.807, 2.05) is 55.5 Å². The SMILES string of the molecule is Cc1ccc(C(=O)N/N=C/c2c(OCc3ccc(F)cc3)ccc3ccccc23)cc1. The van der Waals surface area contributed by atoms with Gasteiger partial charge in [0.05, 0.1) is 6.21 Å². The highest BCUT2D eigenvalue weighted by atomic mass is 19.1. The molecule has 0 aliphatic heterocycles. The number of hydrazone groups is 1. The van der Waals surface area contributed by atoms with E-state index in [-0.39, 0.29) is 18.3 Å². The van der Waals surface area contributed by atoms with E-state index in [1.54, 1.807) is 30.5 Å². The van der Waals surface area contributed by atoms with Crippen LogP contribution >= 0.6 is 0 Å². The molecule has 0 unspecified atom stereocenters. The van der Waals surface area contributed by atoms with Gasteiger partial charge in [0.1, 0.15) is 18.2 Å². The molecule has 0 heterocycles. The Bertz CT molecular complexity index is 1230. The van der Waals surface area contributed by atoms with Crippen LogP contribution in [-0.2, 0) is 6.61 Å². The van der Waals surface area contributed by atoms with E-state index in [1.165, 1.54) is 12.1 Å². The van der Waals surface area contributed by atoms with E-state index in [4.69, 9.17) is 4.74 Å². The molecule has 0 aliphatic carbocycles. The van der Waals surface area contributed by atoms with Crippen LogP contribution in [0.25, 0.3) is 10.8 Å². The van der Waals surface area contributed by atoms with Crippen LogP contribution in [0.3, 0.4) is 0 Å². The number of carbonyl (C=O) groups excluding carboxylic acids is 1. The number of aryl methyl sites for hydroxylation is 1. The fourth-order valence-electron chi connectivity index (χ4n) is 3.20. The molecule has 4 rings (SSSR count). The van der Waals surface area contributed by atoms with Gasteiger partial charge in [-0.3, -0.25) is 4.79 Å². The Kier molecular flexibility index (Phi) is 6.03. The van der Waals surface area contributed by atoms with Crippen molar-refractivity contribution in [2.75, 3.05) is 0 Å². The summed E-state index contributed by atoms with van der Waals surface area (Å²) < 4.78 is 19.1. The summed E-state index contributed by atoms with van der Waals surface area (Å²) >= 11 is 0. The highest BCUT2D eigenvalue weighted by molar-refractivity contribution is 6.03. The monoisotopic (exact) mass is 412 g/mol. The molecule has 0 spiro atoms. The number of amides is 1. The fourth-order valence-corrected chi connectivity index (χ4v) is 3.20. The summed E-state index contributed by atoms with van der Waals surface area (Å²) in [6, 6.07) is 25.2. The predicted molar refractivity (Wildman–Crippen MR) is 121 cm³/mol. The highest BCUT2D eigenvalue weighted by Crippen LogP contribution is 2.27. The molecule has 1 amide bonds. The lowest BCUT2D eigenvalue weighted by molar-refractivity contribution is 0.0955. The molecule has 0 saturated carbocycles. The average molecular weight is 412 g/mol. The minimum absolute atomic E-state index is 0.286. The first-order valence-corrected chi connectivity index (χ1v) is 9.89. The van der Waals surface area contributed by atoms with Crippen LogP contribution in [0.5, 0.6) is 5.75 Å². The smallest absolute Gasteiger partial charge is 0.271 e. The lowest BCUT2D eigenvalue weighted by Gasteiger charge is -2.12. The lowest BCUT2D eigenvalue weighted by Crippen LogP contribution is -2.17.